The second kappa shape index (κ2) is 10.4. The highest BCUT2D eigenvalue weighted by Crippen LogP contribution is 2.32. The van der Waals surface area contributed by atoms with Crippen LogP contribution in [0.2, 0.25) is 9.36 Å². The first-order valence-corrected chi connectivity index (χ1v) is 13.4. The van der Waals surface area contributed by atoms with Gasteiger partial charge in [0.1, 0.15) is 22.6 Å². The molecule has 174 valence electrons. The normalized spacial score (nSPS) is 16.6. The Morgan fingerprint density at radius 3 is 2.55 bits per heavy atom. The van der Waals surface area contributed by atoms with Crippen molar-refractivity contribution in [1.29, 1.82) is 0 Å². The van der Waals surface area contributed by atoms with Crippen molar-refractivity contribution in [2.24, 2.45) is 0 Å². The minimum Gasteiger partial charge on any atom is -0.489 e. The van der Waals surface area contributed by atoms with Crippen LogP contribution < -0.4 is 10.1 Å². The van der Waals surface area contributed by atoms with Crippen LogP contribution in [0.25, 0.3) is 0 Å². The summed E-state index contributed by atoms with van der Waals surface area (Å²) in [5.74, 6) is 0.395. The van der Waals surface area contributed by atoms with Crippen LogP contribution in [0.5, 0.6) is 5.75 Å². The fraction of sp³-hybridized carbons (Fsp3) is 0.261. The smallest absolute Gasteiger partial charge is 0.253 e. The Kier molecular flexibility index (Phi) is 7.61. The van der Waals surface area contributed by atoms with Crippen LogP contribution >= 0.6 is 34.5 Å². The number of sulfonamides is 1. The van der Waals surface area contributed by atoms with Gasteiger partial charge >= 0.3 is 0 Å². The third kappa shape index (κ3) is 5.88. The second-order valence-electron chi connectivity index (χ2n) is 7.61. The first-order valence-electron chi connectivity index (χ1n) is 10.3. The van der Waals surface area contributed by atoms with Crippen molar-refractivity contribution in [3.8, 4) is 5.75 Å². The molecule has 3 aromatic rings. The third-order valence-electron chi connectivity index (χ3n) is 5.31. The van der Waals surface area contributed by atoms with E-state index in [-0.39, 0.29) is 10.1 Å². The lowest BCUT2D eigenvalue weighted by atomic mass is 10.1. The lowest BCUT2D eigenvalue weighted by Crippen LogP contribution is -2.45. The first-order chi connectivity index (χ1) is 15.8. The zero-order chi connectivity index (χ0) is 23.4. The van der Waals surface area contributed by atoms with Crippen molar-refractivity contribution in [1.82, 2.24) is 9.62 Å². The van der Waals surface area contributed by atoms with Gasteiger partial charge in [-0.1, -0.05) is 53.5 Å². The summed E-state index contributed by atoms with van der Waals surface area (Å²) in [4.78, 5) is 12.8. The van der Waals surface area contributed by atoms with Crippen molar-refractivity contribution in [2.75, 3.05) is 6.54 Å². The number of carbonyl (C=O) groups is 1. The molecule has 1 aliphatic rings. The van der Waals surface area contributed by atoms with E-state index in [9.17, 15) is 13.2 Å². The highest BCUT2D eigenvalue weighted by Gasteiger charge is 2.39. The summed E-state index contributed by atoms with van der Waals surface area (Å²) >= 11 is 12.9. The SMILES string of the molecule is O=C(NCc1ccc(COc2cccc(Cl)c2)cc1)[C@@H]1CCCN1S(=O)(=O)c1ccc(Cl)s1. The van der Waals surface area contributed by atoms with E-state index in [2.05, 4.69) is 5.32 Å². The number of nitrogens with zero attached hydrogens (tertiary/aromatic N) is 1. The molecule has 0 unspecified atom stereocenters. The standard InChI is InChI=1S/C23H22Cl2N2O4S2/c24-18-3-1-4-19(13-18)31-15-17-8-6-16(7-9-17)14-26-23(28)20-5-2-12-27(20)33(29,30)22-11-10-21(25)32-22/h1,3-4,6-11,13,20H,2,5,12,14-15H2,(H,26,28)/t20-/m0/s1. The number of thiophene rings is 1. The molecule has 1 saturated heterocycles. The van der Waals surface area contributed by atoms with Gasteiger partial charge in [-0.05, 0) is 54.3 Å². The van der Waals surface area contributed by atoms with Gasteiger partial charge in [-0.3, -0.25) is 4.79 Å². The summed E-state index contributed by atoms with van der Waals surface area (Å²) in [6, 6.07) is 17.2. The Bertz CT molecular complexity index is 1230. The number of amides is 1. The van der Waals surface area contributed by atoms with E-state index in [1.807, 2.05) is 36.4 Å². The summed E-state index contributed by atoms with van der Waals surface area (Å²) in [6.07, 6.45) is 1.13. The molecule has 2 aromatic carbocycles. The number of benzene rings is 2. The van der Waals surface area contributed by atoms with Gasteiger partial charge in [0.25, 0.3) is 10.0 Å². The van der Waals surface area contributed by atoms with Gasteiger partial charge in [0, 0.05) is 18.1 Å². The maximum Gasteiger partial charge on any atom is 0.253 e. The van der Waals surface area contributed by atoms with Crippen molar-refractivity contribution in [3.05, 3.63) is 81.1 Å². The van der Waals surface area contributed by atoms with E-state index in [1.165, 1.54) is 10.4 Å². The van der Waals surface area contributed by atoms with Gasteiger partial charge in [0.05, 0.1) is 4.34 Å². The van der Waals surface area contributed by atoms with Crippen LogP contribution in [0.15, 0.2) is 64.9 Å². The minimum atomic E-state index is -3.75. The maximum absolute atomic E-state index is 12.9. The van der Waals surface area contributed by atoms with E-state index in [0.717, 1.165) is 22.5 Å². The number of ether oxygens (including phenoxy) is 1. The Morgan fingerprint density at radius 2 is 1.85 bits per heavy atom. The molecule has 33 heavy (non-hydrogen) atoms. The largest absolute Gasteiger partial charge is 0.489 e. The van der Waals surface area contributed by atoms with E-state index in [1.54, 1.807) is 18.2 Å². The van der Waals surface area contributed by atoms with Gasteiger partial charge in [-0.2, -0.15) is 4.31 Å². The lowest BCUT2D eigenvalue weighted by Gasteiger charge is -2.22. The Balaban J connectivity index is 1.32. The molecule has 1 fully saturated rings. The maximum atomic E-state index is 12.9. The first kappa shape index (κ1) is 24.0. The van der Waals surface area contributed by atoms with Crippen LogP contribution in [0.3, 0.4) is 0 Å². The van der Waals surface area contributed by atoms with Gasteiger partial charge in [-0.15, -0.1) is 11.3 Å². The average Bonchev–Trinajstić information content (AvgIpc) is 3.47. The van der Waals surface area contributed by atoms with E-state index < -0.39 is 16.1 Å². The van der Waals surface area contributed by atoms with Gasteiger partial charge in [0.2, 0.25) is 5.91 Å². The van der Waals surface area contributed by atoms with Crippen LogP contribution in [0.1, 0.15) is 24.0 Å². The Morgan fingerprint density at radius 1 is 1.09 bits per heavy atom. The molecule has 6 nitrogen and oxygen atoms in total. The fourth-order valence-corrected chi connectivity index (χ4v) is 7.07. The quantitative estimate of drug-likeness (QED) is 0.444. The summed E-state index contributed by atoms with van der Waals surface area (Å²) in [5, 5.41) is 3.49. The molecule has 0 radical (unpaired) electrons. The van der Waals surface area contributed by atoms with Crippen LogP contribution in [-0.2, 0) is 28.0 Å². The van der Waals surface area contributed by atoms with E-state index in [4.69, 9.17) is 27.9 Å². The molecule has 10 heteroatoms. The van der Waals surface area contributed by atoms with Crippen molar-refractivity contribution in [2.45, 2.75) is 36.2 Å². The summed E-state index contributed by atoms with van der Waals surface area (Å²) in [7, 11) is -3.75. The van der Waals surface area contributed by atoms with Crippen molar-refractivity contribution >= 4 is 50.5 Å². The highest BCUT2D eigenvalue weighted by atomic mass is 35.5. The van der Waals surface area contributed by atoms with E-state index >= 15 is 0 Å². The molecule has 4 rings (SSSR count). The lowest BCUT2D eigenvalue weighted by molar-refractivity contribution is -0.124. The third-order valence-corrected chi connectivity index (χ3v) is 9.15. The number of hydrogen-bond acceptors (Lipinski definition) is 5. The predicted octanol–water partition coefficient (Wildman–Crippen LogP) is 5.10. The molecule has 1 N–H and O–H groups in total. The number of halogens is 2. The van der Waals surface area contributed by atoms with Crippen LogP contribution in [0.4, 0.5) is 0 Å². The number of nitrogens with one attached hydrogen (secondary N) is 1. The van der Waals surface area contributed by atoms with Crippen LogP contribution in [-0.4, -0.2) is 31.2 Å². The van der Waals surface area contributed by atoms with Gasteiger partial charge < -0.3 is 10.1 Å². The van der Waals surface area contributed by atoms with Crippen LogP contribution in [0, 0.1) is 0 Å². The highest BCUT2D eigenvalue weighted by molar-refractivity contribution is 7.91. The molecule has 0 aliphatic carbocycles. The van der Waals surface area contributed by atoms with Gasteiger partial charge in [-0.25, -0.2) is 8.42 Å². The molecule has 1 aromatic heterocycles. The minimum absolute atomic E-state index is 0.155. The summed E-state index contributed by atoms with van der Waals surface area (Å²) in [5.41, 5.74) is 1.89. The molecule has 2 heterocycles. The second-order valence-corrected chi connectivity index (χ2v) is 11.9. The molecule has 0 spiro atoms. The van der Waals surface area contributed by atoms with E-state index in [0.29, 0.717) is 47.6 Å². The van der Waals surface area contributed by atoms with Gasteiger partial charge in [0.15, 0.2) is 0 Å². The zero-order valence-corrected chi connectivity index (χ0v) is 20.7. The predicted molar refractivity (Wildman–Crippen MR) is 130 cm³/mol. The zero-order valence-electron chi connectivity index (χ0n) is 17.5. The summed E-state index contributed by atoms with van der Waals surface area (Å²) < 4.78 is 33.4. The fourth-order valence-electron chi connectivity index (χ4n) is 3.63. The number of rotatable bonds is 8. The summed E-state index contributed by atoms with van der Waals surface area (Å²) in [6.45, 7) is 1.02. The Labute approximate surface area is 207 Å². The van der Waals surface area contributed by atoms with Crippen molar-refractivity contribution in [3.63, 3.8) is 0 Å². The molecular formula is C23H22Cl2N2O4S2. The number of hydrogen-bond donors (Lipinski definition) is 1. The molecule has 1 atom stereocenters. The molecule has 1 amide bonds. The number of carbonyl (C=O) groups excluding carboxylic acids is 1. The molecular weight excluding hydrogens is 503 g/mol. The molecule has 0 bridgehead atoms. The monoisotopic (exact) mass is 524 g/mol. The molecule has 1 aliphatic heterocycles. The van der Waals surface area contributed by atoms with Crippen molar-refractivity contribution < 1.29 is 17.9 Å². The average molecular weight is 525 g/mol. The Hall–Kier alpha value is -2.10. The molecule has 0 saturated carbocycles. The topological polar surface area (TPSA) is 75.7 Å².